The first kappa shape index (κ1) is 12.1. The van der Waals surface area contributed by atoms with Gasteiger partial charge in [0.05, 0.1) is 23.6 Å². The van der Waals surface area contributed by atoms with E-state index in [4.69, 9.17) is 5.73 Å². The number of nitrogens with one attached hydrogen (secondary N) is 1. The van der Waals surface area contributed by atoms with Gasteiger partial charge in [0.2, 0.25) is 0 Å². The number of anilines is 2. The number of benzene rings is 1. The van der Waals surface area contributed by atoms with Crippen LogP contribution in [0.25, 0.3) is 10.9 Å². The van der Waals surface area contributed by atoms with Gasteiger partial charge in [0.15, 0.2) is 0 Å². The highest BCUT2D eigenvalue weighted by Crippen LogP contribution is 2.15. The maximum atomic E-state index is 5.73. The monoisotopic (exact) mass is 263 g/mol. The molecule has 2 aromatic heterocycles. The molecule has 98 valence electrons. The molecule has 0 saturated heterocycles. The fraction of sp³-hybridized carbons (Fsp3) is 0. The summed E-state index contributed by atoms with van der Waals surface area (Å²) in [4.78, 5) is 8.34. The molecule has 0 aliphatic rings. The fourth-order valence-electron chi connectivity index (χ4n) is 1.85. The van der Waals surface area contributed by atoms with Crippen molar-refractivity contribution in [3.63, 3.8) is 0 Å². The van der Waals surface area contributed by atoms with Gasteiger partial charge in [-0.1, -0.05) is 18.2 Å². The van der Waals surface area contributed by atoms with Crippen LogP contribution < -0.4 is 11.2 Å². The minimum Gasteiger partial charge on any atom is -0.383 e. The number of aromatic nitrogens is 2. The molecular formula is C15H13N5. The lowest BCUT2D eigenvalue weighted by Crippen LogP contribution is -1.97. The zero-order chi connectivity index (χ0) is 13.8. The second-order valence-electron chi connectivity index (χ2n) is 4.26. The number of pyridine rings is 2. The second kappa shape index (κ2) is 5.36. The Kier molecular flexibility index (Phi) is 3.24. The van der Waals surface area contributed by atoms with E-state index in [2.05, 4.69) is 20.5 Å². The van der Waals surface area contributed by atoms with Gasteiger partial charge in [-0.05, 0) is 24.3 Å². The summed E-state index contributed by atoms with van der Waals surface area (Å²) in [7, 11) is 0. The number of hydrogen-bond donors (Lipinski definition) is 2. The summed E-state index contributed by atoms with van der Waals surface area (Å²) in [5.74, 6) is 0.453. The van der Waals surface area contributed by atoms with Gasteiger partial charge in [-0.25, -0.2) is 4.98 Å². The van der Waals surface area contributed by atoms with Gasteiger partial charge in [0, 0.05) is 17.1 Å². The Morgan fingerprint density at radius 1 is 1.10 bits per heavy atom. The maximum Gasteiger partial charge on any atom is 0.132 e. The predicted octanol–water partition coefficient (Wildman–Crippen LogP) is 2.66. The minimum atomic E-state index is 0.453. The third kappa shape index (κ3) is 2.56. The number of nitrogens with two attached hydrogens (primary N) is 1. The zero-order valence-electron chi connectivity index (χ0n) is 10.7. The summed E-state index contributed by atoms with van der Waals surface area (Å²) >= 11 is 0. The van der Waals surface area contributed by atoms with Gasteiger partial charge in [-0.3, -0.25) is 10.4 Å². The standard InChI is InChI=1S/C15H13N5/c16-15-12(5-3-7-17-15)9-19-20-13-8-11-4-1-2-6-14(11)18-10-13/h1-10,20H,(H2,16,17)/b19-9+. The van der Waals surface area contributed by atoms with Crippen LogP contribution in [0.15, 0.2) is 60.0 Å². The van der Waals surface area contributed by atoms with Crippen molar-refractivity contribution in [1.82, 2.24) is 9.97 Å². The van der Waals surface area contributed by atoms with Crippen molar-refractivity contribution in [2.24, 2.45) is 5.10 Å². The van der Waals surface area contributed by atoms with Crippen LogP contribution in [0.1, 0.15) is 5.56 Å². The van der Waals surface area contributed by atoms with E-state index < -0.39 is 0 Å². The average molecular weight is 263 g/mol. The van der Waals surface area contributed by atoms with E-state index in [1.165, 1.54) is 0 Å². The third-order valence-corrected chi connectivity index (χ3v) is 2.86. The Labute approximate surface area is 116 Å². The van der Waals surface area contributed by atoms with E-state index in [-0.39, 0.29) is 0 Å². The number of nitrogen functional groups attached to an aromatic ring is 1. The van der Waals surface area contributed by atoms with Crippen molar-refractivity contribution in [3.8, 4) is 0 Å². The molecule has 2 heterocycles. The van der Waals surface area contributed by atoms with Gasteiger partial charge in [-0.2, -0.15) is 5.10 Å². The number of fused-ring (bicyclic) bond motifs is 1. The highest BCUT2D eigenvalue weighted by Gasteiger charge is 1.96. The summed E-state index contributed by atoms with van der Waals surface area (Å²) < 4.78 is 0. The lowest BCUT2D eigenvalue weighted by atomic mass is 10.2. The van der Waals surface area contributed by atoms with Crippen LogP contribution >= 0.6 is 0 Å². The van der Waals surface area contributed by atoms with Crippen LogP contribution in [-0.2, 0) is 0 Å². The molecule has 5 nitrogen and oxygen atoms in total. The molecule has 0 spiro atoms. The molecule has 0 unspecified atom stereocenters. The lowest BCUT2D eigenvalue weighted by molar-refractivity contribution is 1.30. The summed E-state index contributed by atoms with van der Waals surface area (Å²) in [6.07, 6.45) is 5.02. The van der Waals surface area contributed by atoms with Crippen molar-refractivity contribution in [1.29, 1.82) is 0 Å². The van der Waals surface area contributed by atoms with E-state index in [9.17, 15) is 0 Å². The molecule has 1 aromatic carbocycles. The Hall–Kier alpha value is -2.95. The highest BCUT2D eigenvalue weighted by atomic mass is 15.3. The lowest BCUT2D eigenvalue weighted by Gasteiger charge is -2.02. The quantitative estimate of drug-likeness (QED) is 0.562. The molecule has 5 heteroatoms. The molecule has 3 rings (SSSR count). The molecule has 0 aliphatic carbocycles. The first-order chi connectivity index (χ1) is 9.83. The number of hydrazone groups is 1. The largest absolute Gasteiger partial charge is 0.383 e. The molecule has 20 heavy (non-hydrogen) atoms. The van der Waals surface area contributed by atoms with Crippen LogP contribution in [0.5, 0.6) is 0 Å². The number of hydrogen-bond acceptors (Lipinski definition) is 5. The van der Waals surface area contributed by atoms with Crippen LogP contribution in [0.2, 0.25) is 0 Å². The minimum absolute atomic E-state index is 0.453. The van der Waals surface area contributed by atoms with Crippen LogP contribution in [0.3, 0.4) is 0 Å². The normalized spacial score (nSPS) is 11.0. The van der Waals surface area contributed by atoms with Gasteiger partial charge < -0.3 is 5.73 Å². The average Bonchev–Trinajstić information content (AvgIpc) is 2.49. The van der Waals surface area contributed by atoms with Crippen molar-refractivity contribution in [2.45, 2.75) is 0 Å². The van der Waals surface area contributed by atoms with E-state index in [1.54, 1.807) is 18.6 Å². The maximum absolute atomic E-state index is 5.73. The van der Waals surface area contributed by atoms with E-state index in [0.717, 1.165) is 22.2 Å². The smallest absolute Gasteiger partial charge is 0.132 e. The topological polar surface area (TPSA) is 76.2 Å². The van der Waals surface area contributed by atoms with Crippen LogP contribution in [0, 0.1) is 0 Å². The van der Waals surface area contributed by atoms with Gasteiger partial charge in [-0.15, -0.1) is 0 Å². The molecular weight excluding hydrogens is 250 g/mol. The van der Waals surface area contributed by atoms with Crippen molar-refractivity contribution in [3.05, 3.63) is 60.4 Å². The van der Waals surface area contributed by atoms with Crippen molar-refractivity contribution in [2.75, 3.05) is 11.2 Å². The summed E-state index contributed by atoms with van der Waals surface area (Å²) in [6, 6.07) is 13.6. The fourth-order valence-corrected chi connectivity index (χ4v) is 1.85. The Morgan fingerprint density at radius 2 is 2.00 bits per heavy atom. The van der Waals surface area contributed by atoms with E-state index in [1.807, 2.05) is 42.5 Å². The molecule has 0 atom stereocenters. The van der Waals surface area contributed by atoms with Gasteiger partial charge in [0.25, 0.3) is 0 Å². The first-order valence-electron chi connectivity index (χ1n) is 6.17. The molecule has 0 radical (unpaired) electrons. The summed E-state index contributed by atoms with van der Waals surface area (Å²) in [5, 5.41) is 5.21. The number of nitrogens with zero attached hydrogens (tertiary/aromatic N) is 3. The molecule has 0 fully saturated rings. The molecule has 0 aliphatic heterocycles. The van der Waals surface area contributed by atoms with Crippen LogP contribution in [-0.4, -0.2) is 16.2 Å². The van der Waals surface area contributed by atoms with E-state index in [0.29, 0.717) is 5.82 Å². The first-order valence-corrected chi connectivity index (χ1v) is 6.17. The Bertz CT molecular complexity index is 767. The predicted molar refractivity (Wildman–Crippen MR) is 81.6 cm³/mol. The molecule has 0 bridgehead atoms. The molecule has 0 saturated carbocycles. The second-order valence-corrected chi connectivity index (χ2v) is 4.26. The number of para-hydroxylation sites is 1. The van der Waals surface area contributed by atoms with Gasteiger partial charge >= 0.3 is 0 Å². The zero-order valence-corrected chi connectivity index (χ0v) is 10.7. The Balaban J connectivity index is 1.78. The van der Waals surface area contributed by atoms with E-state index >= 15 is 0 Å². The van der Waals surface area contributed by atoms with Crippen molar-refractivity contribution < 1.29 is 0 Å². The number of rotatable bonds is 3. The molecule has 3 N–H and O–H groups in total. The molecule has 0 amide bonds. The summed E-state index contributed by atoms with van der Waals surface area (Å²) in [5.41, 5.74) is 11.2. The summed E-state index contributed by atoms with van der Waals surface area (Å²) in [6.45, 7) is 0. The van der Waals surface area contributed by atoms with Crippen molar-refractivity contribution >= 4 is 28.6 Å². The third-order valence-electron chi connectivity index (χ3n) is 2.86. The SMILES string of the molecule is Nc1ncccc1/C=N/Nc1cnc2ccccc2c1. The van der Waals surface area contributed by atoms with Crippen LogP contribution in [0.4, 0.5) is 11.5 Å². The highest BCUT2D eigenvalue weighted by molar-refractivity contribution is 5.86. The Morgan fingerprint density at radius 3 is 2.90 bits per heavy atom. The molecule has 3 aromatic rings. The van der Waals surface area contributed by atoms with Gasteiger partial charge in [0.1, 0.15) is 5.82 Å².